The van der Waals surface area contributed by atoms with Gasteiger partial charge in [-0.05, 0) is 18.2 Å². The zero-order valence-corrected chi connectivity index (χ0v) is 8.21. The van der Waals surface area contributed by atoms with Crippen molar-refractivity contribution in [1.82, 2.24) is 0 Å². The highest BCUT2D eigenvalue weighted by atomic mass is 35.5. The largest absolute Gasteiger partial charge is 0.507 e. The molecule has 0 unspecified atom stereocenters. The number of rotatable bonds is 2. The molecule has 14 heavy (non-hydrogen) atoms. The van der Waals surface area contributed by atoms with E-state index in [4.69, 9.17) is 11.6 Å². The zero-order valence-electron chi connectivity index (χ0n) is 7.46. The number of carbonyl (C=O) groups excluding carboxylic acids is 1. The summed E-state index contributed by atoms with van der Waals surface area (Å²) in [6.07, 6.45) is 1.28. The van der Waals surface area contributed by atoms with Crippen molar-refractivity contribution in [3.63, 3.8) is 0 Å². The third kappa shape index (κ3) is 2.79. The molecule has 1 aromatic rings. The predicted octanol–water partition coefficient (Wildman–Crippen LogP) is 2.19. The lowest BCUT2D eigenvalue weighted by atomic mass is 10.1. The summed E-state index contributed by atoms with van der Waals surface area (Å²) in [5.74, 6) is 6.07. The Hall–Kier alpha value is -1.46. The van der Waals surface area contributed by atoms with Crippen LogP contribution in [0.3, 0.4) is 0 Å². The third-order valence-electron chi connectivity index (χ3n) is 1.60. The number of phenolic OH excluding ortho intramolecular Hbond substituents is 1. The van der Waals surface area contributed by atoms with Crippen molar-refractivity contribution in [3.05, 3.63) is 29.3 Å². The molecule has 0 spiro atoms. The van der Waals surface area contributed by atoms with E-state index >= 15 is 0 Å². The van der Waals surface area contributed by atoms with Gasteiger partial charge in [0.05, 0.1) is 5.56 Å². The zero-order chi connectivity index (χ0) is 10.4. The fourth-order valence-corrected chi connectivity index (χ4v) is 1.03. The van der Waals surface area contributed by atoms with Crippen LogP contribution in [0.5, 0.6) is 5.75 Å². The fourth-order valence-electron chi connectivity index (χ4n) is 0.932. The summed E-state index contributed by atoms with van der Waals surface area (Å²) >= 11 is 5.44. The molecule has 3 heteroatoms. The van der Waals surface area contributed by atoms with Crippen LogP contribution in [-0.2, 0) is 0 Å². The highest BCUT2D eigenvalue weighted by Crippen LogP contribution is 2.16. The van der Waals surface area contributed by atoms with Crippen molar-refractivity contribution >= 4 is 17.9 Å². The normalized spacial score (nSPS) is 8.93. The van der Waals surface area contributed by atoms with E-state index in [1.807, 2.05) is 0 Å². The van der Waals surface area contributed by atoms with Crippen molar-refractivity contribution in [2.45, 2.75) is 6.42 Å². The first-order valence-electron chi connectivity index (χ1n) is 4.11. The molecule has 0 radical (unpaired) electrons. The molecule has 0 saturated heterocycles. The van der Waals surface area contributed by atoms with Crippen molar-refractivity contribution < 1.29 is 9.90 Å². The summed E-state index contributed by atoms with van der Waals surface area (Å²) < 4.78 is 0. The maximum Gasteiger partial charge on any atom is 0.150 e. The van der Waals surface area contributed by atoms with Crippen LogP contribution in [0.15, 0.2) is 18.2 Å². The predicted molar refractivity (Wildman–Crippen MR) is 55.7 cm³/mol. The molecule has 1 rings (SSSR count). The Morgan fingerprint density at radius 1 is 1.50 bits per heavy atom. The molecule has 2 nitrogen and oxygen atoms in total. The SMILES string of the molecule is O=Cc1ccc(O)c(C#CCCCl)c1. The monoisotopic (exact) mass is 208 g/mol. The second kappa shape index (κ2) is 5.31. The minimum atomic E-state index is 0.0812. The molecule has 0 amide bonds. The van der Waals surface area contributed by atoms with Gasteiger partial charge in [-0.3, -0.25) is 4.79 Å². The van der Waals surface area contributed by atoms with E-state index in [-0.39, 0.29) is 5.75 Å². The number of aromatic hydroxyl groups is 1. The summed E-state index contributed by atoms with van der Waals surface area (Å²) in [7, 11) is 0. The highest BCUT2D eigenvalue weighted by Gasteiger charge is 1.98. The van der Waals surface area contributed by atoms with Crippen LogP contribution < -0.4 is 0 Å². The first-order valence-corrected chi connectivity index (χ1v) is 4.64. The van der Waals surface area contributed by atoms with Gasteiger partial charge in [0.25, 0.3) is 0 Å². The smallest absolute Gasteiger partial charge is 0.150 e. The van der Waals surface area contributed by atoms with Crippen LogP contribution in [0.4, 0.5) is 0 Å². The molecular formula is C11H9ClO2. The Morgan fingerprint density at radius 2 is 2.29 bits per heavy atom. The Balaban J connectivity index is 2.96. The Morgan fingerprint density at radius 3 is 2.93 bits per heavy atom. The molecule has 0 fully saturated rings. The number of hydrogen-bond donors (Lipinski definition) is 1. The molecule has 0 saturated carbocycles. The van der Waals surface area contributed by atoms with Crippen molar-refractivity contribution in [1.29, 1.82) is 0 Å². The average Bonchev–Trinajstić information content (AvgIpc) is 2.21. The number of phenols is 1. The van der Waals surface area contributed by atoms with E-state index in [1.165, 1.54) is 12.1 Å². The van der Waals surface area contributed by atoms with Gasteiger partial charge in [-0.1, -0.05) is 11.8 Å². The molecule has 0 aliphatic carbocycles. The lowest BCUT2D eigenvalue weighted by molar-refractivity contribution is 0.112. The van der Waals surface area contributed by atoms with Gasteiger partial charge in [-0.25, -0.2) is 0 Å². The molecule has 0 atom stereocenters. The van der Waals surface area contributed by atoms with Gasteiger partial charge in [0.1, 0.15) is 12.0 Å². The lowest BCUT2D eigenvalue weighted by Crippen LogP contribution is -1.83. The highest BCUT2D eigenvalue weighted by molar-refractivity contribution is 6.18. The first kappa shape index (κ1) is 10.6. The molecule has 0 aromatic heterocycles. The van der Waals surface area contributed by atoms with Crippen LogP contribution in [0, 0.1) is 11.8 Å². The molecule has 1 N–H and O–H groups in total. The van der Waals surface area contributed by atoms with E-state index in [0.29, 0.717) is 29.7 Å². The number of alkyl halides is 1. The number of carbonyl (C=O) groups is 1. The summed E-state index contributed by atoms with van der Waals surface area (Å²) in [6.45, 7) is 0. The topological polar surface area (TPSA) is 37.3 Å². The maximum atomic E-state index is 10.4. The average molecular weight is 209 g/mol. The summed E-state index contributed by atoms with van der Waals surface area (Å²) in [5, 5.41) is 9.38. The Kier molecular flexibility index (Phi) is 4.03. The van der Waals surface area contributed by atoms with Crippen molar-refractivity contribution in [3.8, 4) is 17.6 Å². The second-order valence-corrected chi connectivity index (χ2v) is 3.01. The quantitative estimate of drug-likeness (QED) is 0.460. The molecule has 0 aliphatic heterocycles. The van der Waals surface area contributed by atoms with Gasteiger partial charge in [0.15, 0.2) is 0 Å². The lowest BCUT2D eigenvalue weighted by Gasteiger charge is -1.96. The number of halogens is 1. The summed E-state index contributed by atoms with van der Waals surface area (Å²) in [5.41, 5.74) is 0.956. The van der Waals surface area contributed by atoms with Gasteiger partial charge >= 0.3 is 0 Å². The third-order valence-corrected chi connectivity index (χ3v) is 1.79. The fraction of sp³-hybridized carbons (Fsp3) is 0.182. The van der Waals surface area contributed by atoms with Gasteiger partial charge in [0, 0.05) is 17.9 Å². The molecule has 0 aliphatic rings. The minimum absolute atomic E-state index is 0.0812. The molecule has 0 bridgehead atoms. The van der Waals surface area contributed by atoms with E-state index < -0.39 is 0 Å². The van der Waals surface area contributed by atoms with E-state index in [2.05, 4.69) is 11.8 Å². The Labute approximate surface area is 87.5 Å². The molecule has 72 valence electrons. The van der Waals surface area contributed by atoms with Crippen LogP contribution in [-0.4, -0.2) is 17.3 Å². The van der Waals surface area contributed by atoms with Crippen LogP contribution in [0.2, 0.25) is 0 Å². The number of benzene rings is 1. The van der Waals surface area contributed by atoms with Crippen molar-refractivity contribution in [2.75, 3.05) is 5.88 Å². The maximum absolute atomic E-state index is 10.4. The molecular weight excluding hydrogens is 200 g/mol. The molecule has 0 heterocycles. The summed E-state index contributed by atoms with van der Waals surface area (Å²) in [6, 6.07) is 4.53. The minimum Gasteiger partial charge on any atom is -0.507 e. The Bertz CT molecular complexity index is 388. The molecule has 1 aromatic carbocycles. The van der Waals surface area contributed by atoms with E-state index in [9.17, 15) is 9.90 Å². The first-order chi connectivity index (χ1) is 6.77. The van der Waals surface area contributed by atoms with Crippen LogP contribution in [0.1, 0.15) is 22.3 Å². The van der Waals surface area contributed by atoms with Gasteiger partial charge in [-0.15, -0.1) is 11.6 Å². The van der Waals surface area contributed by atoms with Crippen molar-refractivity contribution in [2.24, 2.45) is 0 Å². The number of hydrogen-bond acceptors (Lipinski definition) is 2. The van der Waals surface area contributed by atoms with E-state index in [0.717, 1.165) is 0 Å². The van der Waals surface area contributed by atoms with Gasteiger partial charge in [0.2, 0.25) is 0 Å². The number of aldehydes is 1. The standard InChI is InChI=1S/C11H9ClO2/c12-6-2-1-3-10-7-9(8-13)4-5-11(10)14/h4-5,7-8,14H,2,6H2. The van der Waals surface area contributed by atoms with E-state index in [1.54, 1.807) is 6.07 Å². The van der Waals surface area contributed by atoms with Gasteiger partial charge in [-0.2, -0.15) is 0 Å². The van der Waals surface area contributed by atoms with Gasteiger partial charge < -0.3 is 5.11 Å². The van der Waals surface area contributed by atoms with Crippen LogP contribution in [0.25, 0.3) is 0 Å². The van der Waals surface area contributed by atoms with Crippen LogP contribution >= 0.6 is 11.6 Å². The summed E-state index contributed by atoms with van der Waals surface area (Å²) in [4.78, 5) is 10.4. The second-order valence-electron chi connectivity index (χ2n) is 2.64.